The highest BCUT2D eigenvalue weighted by Crippen LogP contribution is 2.48. The van der Waals surface area contributed by atoms with Gasteiger partial charge in [0, 0.05) is 110 Å². The van der Waals surface area contributed by atoms with E-state index in [0.29, 0.717) is 23.5 Å². The SMILES string of the molecule is c1ccc(-c2cc(-c3ccccc3)nc(-n3c4ccccc4c4c5c6ccccc6n(-c6ccccc6)c5ccc43)c2)cc1.c1ccc(-c2cc(-c3ccccc3)nc(-n3c4ccccc4c4c5c6ccccc6n(-c6ccccc6)c5ccc43)n2)cc1.c1ccc(-c2nc(-c3ccccc3)nc(-n3c4ccccc4c4c5c6ccccc6n(-c6ccccc6)c5ccc43)n2)cc1. The smallest absolute Gasteiger partial charge is 0.238 e. The molecule has 618 valence electrons. The van der Waals surface area contributed by atoms with E-state index >= 15 is 0 Å². The molecule has 9 aromatic heterocycles. The van der Waals surface area contributed by atoms with Crippen LogP contribution in [0.15, 0.2) is 473 Å². The molecule has 0 fully saturated rings. The van der Waals surface area contributed by atoms with E-state index in [4.69, 9.17) is 29.9 Å². The Balaban J connectivity index is 0.000000106. The first kappa shape index (κ1) is 76.4. The quantitative estimate of drug-likeness (QED) is 0.121. The zero-order chi connectivity index (χ0) is 87.1. The molecule has 18 aromatic carbocycles. The lowest BCUT2D eigenvalue weighted by Gasteiger charge is -2.13. The Kier molecular flexibility index (Phi) is 18.6. The van der Waals surface area contributed by atoms with Crippen LogP contribution in [0.1, 0.15) is 0 Å². The summed E-state index contributed by atoms with van der Waals surface area (Å²) in [5.41, 5.74) is 27.3. The highest BCUT2D eigenvalue weighted by molar-refractivity contribution is 6.32. The summed E-state index contributed by atoms with van der Waals surface area (Å²) in [5, 5.41) is 14.6. The van der Waals surface area contributed by atoms with Crippen molar-refractivity contribution in [1.82, 2.24) is 57.3 Å². The summed E-state index contributed by atoms with van der Waals surface area (Å²) >= 11 is 0. The predicted molar refractivity (Wildman–Crippen MR) is 545 cm³/mol. The first-order chi connectivity index (χ1) is 65.5. The third-order valence-corrected chi connectivity index (χ3v) is 25.6. The van der Waals surface area contributed by atoms with Crippen molar-refractivity contribution in [2.75, 3.05) is 0 Å². The molecule has 27 rings (SSSR count). The van der Waals surface area contributed by atoms with E-state index in [1.54, 1.807) is 0 Å². The van der Waals surface area contributed by atoms with Gasteiger partial charge in [-0.15, -0.1) is 0 Å². The van der Waals surface area contributed by atoms with Crippen molar-refractivity contribution in [3.63, 3.8) is 0 Å². The second-order valence-corrected chi connectivity index (χ2v) is 33.2. The van der Waals surface area contributed by atoms with Crippen LogP contribution in [-0.2, 0) is 0 Å². The third kappa shape index (κ3) is 12.9. The summed E-state index contributed by atoms with van der Waals surface area (Å²) in [4.78, 5) is 30.9. The fourth-order valence-corrected chi connectivity index (χ4v) is 19.9. The number of hydrogen-bond acceptors (Lipinski definition) is 6. The van der Waals surface area contributed by atoms with Gasteiger partial charge in [-0.05, 0) is 139 Å². The van der Waals surface area contributed by atoms with Crippen LogP contribution >= 0.6 is 0 Å². The van der Waals surface area contributed by atoms with Crippen LogP contribution in [-0.4, -0.2) is 57.3 Å². The normalized spacial score (nSPS) is 11.6. The zero-order valence-electron chi connectivity index (χ0n) is 71.4. The first-order valence-corrected chi connectivity index (χ1v) is 44.6. The van der Waals surface area contributed by atoms with Gasteiger partial charge >= 0.3 is 0 Å². The maximum absolute atomic E-state index is 5.32. The van der Waals surface area contributed by atoms with Crippen LogP contribution in [0.5, 0.6) is 0 Å². The summed E-state index contributed by atoms with van der Waals surface area (Å²) in [5.74, 6) is 3.43. The van der Waals surface area contributed by atoms with Gasteiger partial charge in [0.2, 0.25) is 11.9 Å². The number of para-hydroxylation sites is 9. The molecular formula is C120H78N12. The Morgan fingerprint density at radius 1 is 0.136 bits per heavy atom. The predicted octanol–water partition coefficient (Wildman–Crippen LogP) is 30.0. The minimum absolute atomic E-state index is 0.593. The number of benzene rings is 18. The monoisotopic (exact) mass is 1690 g/mol. The molecule has 12 nitrogen and oxygen atoms in total. The van der Waals surface area contributed by atoms with Gasteiger partial charge in [-0.1, -0.05) is 346 Å². The topological polar surface area (TPSA) is 107 Å². The van der Waals surface area contributed by atoms with Crippen molar-refractivity contribution in [3.05, 3.63) is 473 Å². The van der Waals surface area contributed by atoms with Crippen molar-refractivity contribution in [2.24, 2.45) is 0 Å². The molecule has 0 aliphatic rings. The van der Waals surface area contributed by atoms with Crippen LogP contribution < -0.4 is 0 Å². The minimum atomic E-state index is 0.593. The maximum Gasteiger partial charge on any atom is 0.238 e. The van der Waals surface area contributed by atoms with Crippen LogP contribution in [0.3, 0.4) is 0 Å². The van der Waals surface area contributed by atoms with E-state index in [2.05, 4.69) is 428 Å². The third-order valence-electron chi connectivity index (χ3n) is 25.6. The molecule has 9 heterocycles. The molecule has 0 atom stereocenters. The summed E-state index contributed by atoms with van der Waals surface area (Å²) in [6.45, 7) is 0. The Labute approximate surface area is 758 Å². The van der Waals surface area contributed by atoms with Gasteiger partial charge < -0.3 is 13.7 Å². The lowest BCUT2D eigenvalue weighted by atomic mass is 10.0. The molecule has 0 saturated heterocycles. The van der Waals surface area contributed by atoms with Gasteiger partial charge in [-0.3, -0.25) is 13.7 Å². The van der Waals surface area contributed by atoms with Crippen molar-refractivity contribution in [3.8, 4) is 102 Å². The second kappa shape index (κ2) is 32.1. The fraction of sp³-hybridized carbons (Fsp3) is 0. The van der Waals surface area contributed by atoms with Crippen LogP contribution in [0.4, 0.5) is 0 Å². The lowest BCUT2D eigenvalue weighted by Crippen LogP contribution is -2.06. The molecule has 0 aliphatic heterocycles. The molecule has 0 spiro atoms. The Morgan fingerprint density at radius 2 is 0.364 bits per heavy atom. The van der Waals surface area contributed by atoms with Crippen molar-refractivity contribution < 1.29 is 0 Å². The van der Waals surface area contributed by atoms with Crippen molar-refractivity contribution in [2.45, 2.75) is 0 Å². The number of nitrogens with zero attached hydrogens (tertiary/aromatic N) is 12. The first-order valence-electron chi connectivity index (χ1n) is 44.6. The van der Waals surface area contributed by atoms with Gasteiger partial charge in [-0.25, -0.2) is 19.9 Å². The highest BCUT2D eigenvalue weighted by atomic mass is 15.2. The molecule has 0 aliphatic carbocycles. The zero-order valence-corrected chi connectivity index (χ0v) is 71.4. The van der Waals surface area contributed by atoms with E-state index in [1.165, 1.54) is 97.9 Å². The highest BCUT2D eigenvalue weighted by Gasteiger charge is 2.28. The van der Waals surface area contributed by atoms with Gasteiger partial charge in [0.25, 0.3) is 0 Å². The summed E-state index contributed by atoms with van der Waals surface area (Å²) in [6.07, 6.45) is 0. The Morgan fingerprint density at radius 3 is 0.674 bits per heavy atom. The van der Waals surface area contributed by atoms with E-state index in [-0.39, 0.29) is 0 Å². The van der Waals surface area contributed by atoms with E-state index in [1.807, 2.05) is 72.8 Å². The van der Waals surface area contributed by atoms with Gasteiger partial charge in [0.1, 0.15) is 5.82 Å². The molecule has 0 radical (unpaired) electrons. The van der Waals surface area contributed by atoms with E-state index in [9.17, 15) is 0 Å². The Hall–Kier alpha value is -18.0. The molecule has 0 N–H and O–H groups in total. The van der Waals surface area contributed by atoms with Crippen LogP contribution in [0, 0.1) is 0 Å². The number of pyridine rings is 1. The molecule has 132 heavy (non-hydrogen) atoms. The number of rotatable bonds is 12. The number of aromatic nitrogens is 12. The van der Waals surface area contributed by atoms with Gasteiger partial charge in [-0.2, -0.15) is 9.97 Å². The van der Waals surface area contributed by atoms with Crippen LogP contribution in [0.2, 0.25) is 0 Å². The van der Waals surface area contributed by atoms with Gasteiger partial charge in [0.15, 0.2) is 11.6 Å². The Bertz CT molecular complexity index is 8090. The van der Waals surface area contributed by atoms with E-state index < -0.39 is 0 Å². The molecular weight excluding hydrogens is 1610 g/mol. The lowest BCUT2D eigenvalue weighted by molar-refractivity contribution is 0.953. The largest absolute Gasteiger partial charge is 0.309 e. The standard InChI is InChI=1S/C41H27N3.C40H26N4.C39H25N5/c1-4-14-28(15-5-1)30-26-34(29-16-6-2-7-17-29)42-39(27-30)44-36-23-13-11-21-33(36)41-38(44)25-24-37-40(41)32-20-10-12-22-35(32)43(37)31-18-8-3-9-19-31;1-4-14-27(15-5-1)32-26-33(28-16-6-2-7-17-28)42-40(41-32)44-35-23-13-11-21-31(35)39-37(44)25-24-36-38(39)30-20-10-12-22-34(30)43(36)29-18-8-3-9-19-29;1-4-14-26(15-5-1)37-40-38(27-16-6-2-7-17-27)42-39(41-37)44-32-23-13-11-21-30(32)36-34(44)25-24-33-35(36)29-20-10-12-22-31(29)43(33)28-18-8-3-9-19-28/h1-27H;1-26H;1-25H. The van der Waals surface area contributed by atoms with Gasteiger partial charge in [0.05, 0.1) is 83.3 Å². The van der Waals surface area contributed by atoms with Crippen molar-refractivity contribution in [1.29, 1.82) is 0 Å². The average molecular weight is 1690 g/mol. The molecule has 0 unspecified atom stereocenters. The molecule has 0 bridgehead atoms. The molecule has 12 heteroatoms. The summed E-state index contributed by atoms with van der Waals surface area (Å²) in [6, 6.07) is 166. The molecule has 0 amide bonds. The molecule has 27 aromatic rings. The minimum Gasteiger partial charge on any atom is -0.309 e. The number of fused-ring (bicyclic) bond motifs is 21. The fourth-order valence-electron chi connectivity index (χ4n) is 19.9. The van der Waals surface area contributed by atoms with Crippen LogP contribution in [0.25, 0.3) is 233 Å². The summed E-state index contributed by atoms with van der Waals surface area (Å²) in [7, 11) is 0. The number of hydrogen-bond donors (Lipinski definition) is 0. The van der Waals surface area contributed by atoms with E-state index in [0.717, 1.165) is 112 Å². The summed E-state index contributed by atoms with van der Waals surface area (Å²) < 4.78 is 13.9. The second-order valence-electron chi connectivity index (χ2n) is 33.2. The van der Waals surface area contributed by atoms with Crippen molar-refractivity contribution >= 4 is 131 Å². The molecule has 0 saturated carbocycles. The average Bonchev–Trinajstić information content (AvgIpc) is 1.55. The maximum atomic E-state index is 5.32.